The number of thioether (sulfide) groups is 1. The number of unbranched alkanes of at least 4 members (excludes halogenated alkanes) is 1. The second kappa shape index (κ2) is 9.52. The molecule has 1 aliphatic heterocycles. The van der Waals surface area contributed by atoms with Crippen LogP contribution in [-0.4, -0.2) is 37.2 Å². The lowest BCUT2D eigenvalue weighted by Crippen LogP contribution is -2.43. The van der Waals surface area contributed by atoms with Crippen molar-refractivity contribution in [3.05, 3.63) is 58.2 Å². The average molecular weight is 447 g/mol. The van der Waals surface area contributed by atoms with Crippen LogP contribution in [0.3, 0.4) is 0 Å². The number of nitrogens with zero attached hydrogens (tertiary/aromatic N) is 2. The van der Waals surface area contributed by atoms with Crippen LogP contribution in [-0.2, 0) is 9.59 Å². The summed E-state index contributed by atoms with van der Waals surface area (Å²) >= 11 is 12.4. The largest absolute Gasteiger partial charge is 0.480 e. The number of aliphatic carboxylic acids is 1. The average Bonchev–Trinajstić information content (AvgIpc) is 2.96. The van der Waals surface area contributed by atoms with E-state index >= 15 is 0 Å². The molecular weight excluding hydrogens is 428 g/mol. The number of pyridine rings is 1. The van der Waals surface area contributed by atoms with E-state index in [0.29, 0.717) is 28.5 Å². The number of aromatic nitrogens is 1. The monoisotopic (exact) mass is 446 g/mol. The second-order valence-electron chi connectivity index (χ2n) is 6.53. The van der Waals surface area contributed by atoms with Gasteiger partial charge >= 0.3 is 5.97 Å². The van der Waals surface area contributed by atoms with E-state index in [4.69, 9.17) is 23.8 Å². The Morgan fingerprint density at radius 1 is 1.34 bits per heavy atom. The first kappa shape index (κ1) is 21.5. The van der Waals surface area contributed by atoms with Gasteiger partial charge in [0.15, 0.2) is 0 Å². The van der Waals surface area contributed by atoms with Crippen molar-refractivity contribution >= 4 is 57.9 Å². The third-order valence-corrected chi connectivity index (χ3v) is 6.04. The third kappa shape index (κ3) is 5.04. The molecule has 2 aromatic rings. The van der Waals surface area contributed by atoms with Crippen LogP contribution in [0.25, 0.3) is 17.2 Å². The van der Waals surface area contributed by atoms with Crippen molar-refractivity contribution in [2.24, 2.45) is 0 Å². The number of halogens is 1. The molecule has 3 rings (SSSR count). The highest BCUT2D eigenvalue weighted by molar-refractivity contribution is 8.26. The van der Waals surface area contributed by atoms with E-state index in [1.807, 2.05) is 31.2 Å². The predicted molar refractivity (Wildman–Crippen MR) is 121 cm³/mol. The Morgan fingerprint density at radius 3 is 2.76 bits per heavy atom. The fourth-order valence-electron chi connectivity index (χ4n) is 2.97. The fraction of sp³-hybridized carbons (Fsp3) is 0.238. The van der Waals surface area contributed by atoms with Gasteiger partial charge in [0.1, 0.15) is 10.4 Å². The lowest BCUT2D eigenvalue weighted by atomic mass is 10.1. The number of hydrogen-bond donors (Lipinski definition) is 1. The number of hydrogen-bond acceptors (Lipinski definition) is 5. The van der Waals surface area contributed by atoms with E-state index < -0.39 is 12.0 Å². The molecule has 1 fully saturated rings. The molecule has 29 heavy (non-hydrogen) atoms. The molecule has 0 radical (unpaired) electrons. The van der Waals surface area contributed by atoms with Gasteiger partial charge in [-0.2, -0.15) is 0 Å². The predicted octanol–water partition coefficient (Wildman–Crippen LogP) is 5.25. The Hall–Kier alpha value is -2.22. The summed E-state index contributed by atoms with van der Waals surface area (Å²) in [5, 5.41) is 10.2. The van der Waals surface area contributed by atoms with Crippen molar-refractivity contribution in [1.29, 1.82) is 0 Å². The van der Waals surface area contributed by atoms with Crippen molar-refractivity contribution in [3.8, 4) is 11.1 Å². The van der Waals surface area contributed by atoms with Gasteiger partial charge in [-0.05, 0) is 36.3 Å². The summed E-state index contributed by atoms with van der Waals surface area (Å²) in [6.45, 7) is 1.97. The van der Waals surface area contributed by atoms with Gasteiger partial charge in [0.05, 0.1) is 10.6 Å². The van der Waals surface area contributed by atoms with Gasteiger partial charge in [-0.25, -0.2) is 4.79 Å². The maximum atomic E-state index is 12.8. The summed E-state index contributed by atoms with van der Waals surface area (Å²) in [6.07, 6.45) is 5.27. The van der Waals surface area contributed by atoms with Gasteiger partial charge in [0, 0.05) is 16.8 Å². The second-order valence-corrected chi connectivity index (χ2v) is 8.64. The van der Waals surface area contributed by atoms with E-state index in [-0.39, 0.29) is 10.2 Å². The van der Waals surface area contributed by atoms with Crippen molar-refractivity contribution < 1.29 is 14.7 Å². The van der Waals surface area contributed by atoms with Crippen LogP contribution in [0.5, 0.6) is 0 Å². The molecule has 1 N–H and O–H groups in total. The molecule has 1 amide bonds. The molecular formula is C21H19ClN2O3S2. The summed E-state index contributed by atoms with van der Waals surface area (Å²) in [5.41, 5.74) is 2.45. The quantitative estimate of drug-likeness (QED) is 0.463. The molecule has 0 saturated carbocycles. The zero-order valence-electron chi connectivity index (χ0n) is 15.7. The van der Waals surface area contributed by atoms with Crippen LogP contribution in [0.2, 0.25) is 5.02 Å². The van der Waals surface area contributed by atoms with E-state index in [0.717, 1.165) is 29.3 Å². The van der Waals surface area contributed by atoms with Crippen LogP contribution in [0, 0.1) is 0 Å². The molecule has 2 heterocycles. The van der Waals surface area contributed by atoms with E-state index in [1.165, 1.54) is 4.90 Å². The molecule has 1 aromatic carbocycles. The van der Waals surface area contributed by atoms with Crippen LogP contribution in [0.4, 0.5) is 0 Å². The smallest absolute Gasteiger partial charge is 0.326 e. The Labute approximate surface area is 183 Å². The van der Waals surface area contributed by atoms with E-state index in [2.05, 4.69) is 4.98 Å². The van der Waals surface area contributed by atoms with Crippen LogP contribution in [0.1, 0.15) is 31.9 Å². The SMILES string of the molecule is CCCC[C@@H](C(=O)O)N1C(=O)/C(=C/c2ccc(-c3cccc(Cl)c3)cn2)SC1=S. The molecule has 0 spiro atoms. The van der Waals surface area contributed by atoms with Crippen LogP contribution >= 0.6 is 35.6 Å². The van der Waals surface area contributed by atoms with Gasteiger partial charge in [0.25, 0.3) is 5.91 Å². The number of rotatable bonds is 7. The lowest BCUT2D eigenvalue weighted by Gasteiger charge is -2.22. The molecule has 0 aliphatic carbocycles. The minimum atomic E-state index is -1.04. The Balaban J connectivity index is 1.81. The van der Waals surface area contributed by atoms with Gasteiger partial charge in [-0.15, -0.1) is 0 Å². The standard InChI is InChI=1S/C21H19ClN2O3S2/c1-2-3-7-17(20(26)27)24-19(25)18(29-21(24)28)11-16-9-8-14(12-23-16)13-5-4-6-15(22)10-13/h4-6,8-12,17H,2-3,7H2,1H3,(H,26,27)/b18-11-/t17-/m0/s1. The summed E-state index contributed by atoms with van der Waals surface area (Å²) in [4.78, 5) is 30.4. The molecule has 1 aromatic heterocycles. The van der Waals surface area contributed by atoms with Crippen LogP contribution < -0.4 is 0 Å². The molecule has 8 heteroatoms. The lowest BCUT2D eigenvalue weighted by molar-refractivity contribution is -0.145. The third-order valence-electron chi connectivity index (χ3n) is 4.47. The first-order valence-corrected chi connectivity index (χ1v) is 10.7. The van der Waals surface area contributed by atoms with Crippen molar-refractivity contribution in [1.82, 2.24) is 9.88 Å². The van der Waals surface area contributed by atoms with Gasteiger partial charge in [-0.3, -0.25) is 14.7 Å². The minimum absolute atomic E-state index is 0.264. The Kier molecular flexibility index (Phi) is 7.05. The zero-order valence-corrected chi connectivity index (χ0v) is 18.1. The number of carboxylic acids is 1. The number of carbonyl (C=O) groups is 2. The number of amides is 1. The first-order chi connectivity index (χ1) is 13.9. The molecule has 5 nitrogen and oxygen atoms in total. The van der Waals surface area contributed by atoms with Crippen molar-refractivity contribution in [3.63, 3.8) is 0 Å². The highest BCUT2D eigenvalue weighted by Gasteiger charge is 2.40. The Bertz CT molecular complexity index is 976. The first-order valence-electron chi connectivity index (χ1n) is 9.12. The van der Waals surface area contributed by atoms with Crippen molar-refractivity contribution in [2.45, 2.75) is 32.2 Å². The summed E-state index contributed by atoms with van der Waals surface area (Å²) in [7, 11) is 0. The molecule has 1 atom stereocenters. The summed E-state index contributed by atoms with van der Waals surface area (Å²) in [6, 6.07) is 10.2. The maximum absolute atomic E-state index is 12.8. The fourth-order valence-corrected chi connectivity index (χ4v) is 4.50. The minimum Gasteiger partial charge on any atom is -0.480 e. The highest BCUT2D eigenvalue weighted by Crippen LogP contribution is 2.35. The molecule has 1 aliphatic rings. The molecule has 0 bridgehead atoms. The van der Waals surface area contributed by atoms with Gasteiger partial charge in [-0.1, -0.05) is 73.5 Å². The van der Waals surface area contributed by atoms with E-state index in [1.54, 1.807) is 24.4 Å². The zero-order chi connectivity index (χ0) is 21.0. The van der Waals surface area contributed by atoms with Gasteiger partial charge in [0.2, 0.25) is 0 Å². The highest BCUT2D eigenvalue weighted by atomic mass is 35.5. The summed E-state index contributed by atoms with van der Waals surface area (Å²) < 4.78 is 0.264. The number of carboxylic acid groups (broad SMARTS) is 1. The maximum Gasteiger partial charge on any atom is 0.326 e. The molecule has 1 saturated heterocycles. The number of benzene rings is 1. The number of thiocarbonyl (C=S) groups is 1. The van der Waals surface area contributed by atoms with Crippen LogP contribution in [0.15, 0.2) is 47.5 Å². The summed E-state index contributed by atoms with van der Waals surface area (Å²) in [5.74, 6) is -1.43. The van der Waals surface area contributed by atoms with Crippen molar-refractivity contribution in [2.75, 3.05) is 0 Å². The number of carbonyl (C=O) groups excluding carboxylic acids is 1. The van der Waals surface area contributed by atoms with E-state index in [9.17, 15) is 14.7 Å². The topological polar surface area (TPSA) is 70.5 Å². The normalized spacial score (nSPS) is 16.5. The molecule has 150 valence electrons. The Morgan fingerprint density at radius 2 is 2.14 bits per heavy atom. The van der Waals surface area contributed by atoms with Gasteiger partial charge < -0.3 is 5.11 Å². The molecule has 0 unspecified atom stereocenters.